The van der Waals surface area contributed by atoms with Gasteiger partial charge in [-0.05, 0) is 48.1 Å². The fourth-order valence-electron chi connectivity index (χ4n) is 4.29. The largest absolute Gasteiger partial charge is 0.497 e. The summed E-state index contributed by atoms with van der Waals surface area (Å²) in [7, 11) is 1.60. The third-order valence-electron chi connectivity index (χ3n) is 6.16. The van der Waals surface area contributed by atoms with Gasteiger partial charge in [0.05, 0.1) is 19.4 Å². The van der Waals surface area contributed by atoms with Crippen LogP contribution in [0.3, 0.4) is 0 Å². The predicted molar refractivity (Wildman–Crippen MR) is 149 cm³/mol. The molecule has 0 unspecified atom stereocenters. The van der Waals surface area contributed by atoms with Crippen molar-refractivity contribution in [3.05, 3.63) is 102 Å². The van der Waals surface area contributed by atoms with Crippen molar-refractivity contribution in [1.82, 2.24) is 10.2 Å². The molecule has 0 saturated carbocycles. The Morgan fingerprint density at radius 3 is 2.00 bits per heavy atom. The Balaban J connectivity index is 0.00000481. The summed E-state index contributed by atoms with van der Waals surface area (Å²) in [5.41, 5.74) is 8.47. The minimum atomic E-state index is -0.769. The Kier molecular flexibility index (Phi) is 12.2. The van der Waals surface area contributed by atoms with Crippen LogP contribution in [-0.2, 0) is 16.1 Å². The van der Waals surface area contributed by atoms with Gasteiger partial charge in [-0.3, -0.25) is 15.0 Å². The molecule has 2 amide bonds. The van der Waals surface area contributed by atoms with Gasteiger partial charge < -0.3 is 20.7 Å². The van der Waals surface area contributed by atoms with Gasteiger partial charge in [0.25, 0.3) is 0 Å². The second-order valence-corrected chi connectivity index (χ2v) is 8.58. The number of nitrogens with one attached hydrogen (secondary N) is 2. The molecule has 0 aliphatic rings. The first kappa shape index (κ1) is 29.4. The molecule has 0 bridgehead atoms. The molecule has 3 aromatic rings. The van der Waals surface area contributed by atoms with E-state index in [0.29, 0.717) is 25.1 Å². The van der Waals surface area contributed by atoms with E-state index in [2.05, 4.69) is 5.32 Å². The lowest BCUT2D eigenvalue weighted by Gasteiger charge is -2.33. The molecule has 4 N–H and O–H groups in total. The van der Waals surface area contributed by atoms with Crippen LogP contribution in [0.5, 0.6) is 5.75 Å². The summed E-state index contributed by atoms with van der Waals surface area (Å²) in [6.07, 6.45) is 3.02. The Morgan fingerprint density at radius 2 is 1.51 bits per heavy atom. The summed E-state index contributed by atoms with van der Waals surface area (Å²) >= 11 is 0. The number of unbranched alkanes of at least 4 members (excludes halogenated alkanes) is 1. The summed E-state index contributed by atoms with van der Waals surface area (Å²) in [4.78, 5) is 28.6. The van der Waals surface area contributed by atoms with Crippen LogP contribution in [0.2, 0.25) is 0 Å². The number of ether oxygens (including phenoxy) is 1. The molecule has 0 fully saturated rings. The van der Waals surface area contributed by atoms with Gasteiger partial charge in [0.2, 0.25) is 11.8 Å². The van der Waals surface area contributed by atoms with Crippen LogP contribution in [0, 0.1) is 5.41 Å². The standard InChI is InChI=1S/C29H34N4O3.ClH/c1-36-25-17-15-22(16-18-25)20-33(26(28(31)34)14-8-9-19-32-21-30)29(35)27(23-10-4-2-5-11-23)24-12-6-3-7-13-24;/h2-7,10-13,15-18,21,26-27H,8-9,14,19-20H2,1H3,(H2,30,32)(H2,31,34);1H/t26-;/m1./s1. The van der Waals surface area contributed by atoms with Gasteiger partial charge in [-0.15, -0.1) is 12.4 Å². The van der Waals surface area contributed by atoms with Gasteiger partial charge >= 0.3 is 0 Å². The number of carbonyl (C=O) groups is 2. The second-order valence-electron chi connectivity index (χ2n) is 8.58. The number of hydrogen-bond donors (Lipinski definition) is 3. The molecule has 3 rings (SSSR count). The monoisotopic (exact) mass is 522 g/mol. The number of nitrogens with two attached hydrogens (primary N) is 1. The Morgan fingerprint density at radius 1 is 0.946 bits per heavy atom. The minimum absolute atomic E-state index is 0. The molecule has 0 spiro atoms. The van der Waals surface area contributed by atoms with Gasteiger partial charge in [-0.1, -0.05) is 72.8 Å². The fraction of sp³-hybridized carbons (Fsp3) is 0.276. The number of amides is 2. The first-order valence-electron chi connectivity index (χ1n) is 12.1. The average molecular weight is 523 g/mol. The zero-order chi connectivity index (χ0) is 25.8. The molecule has 7 nitrogen and oxygen atoms in total. The van der Waals surface area contributed by atoms with Crippen molar-refractivity contribution in [2.45, 2.75) is 37.8 Å². The lowest BCUT2D eigenvalue weighted by molar-refractivity contribution is -0.141. The lowest BCUT2D eigenvalue weighted by Crippen LogP contribution is -2.49. The molecular formula is C29H35ClN4O3. The molecule has 0 heterocycles. The number of nitrogens with zero attached hydrogens (tertiary/aromatic N) is 1. The topological polar surface area (TPSA) is 109 Å². The third kappa shape index (κ3) is 8.36. The molecule has 0 aromatic heterocycles. The number of rotatable bonds is 14. The normalized spacial score (nSPS) is 11.2. The molecule has 8 heteroatoms. The van der Waals surface area contributed by atoms with E-state index in [4.69, 9.17) is 15.9 Å². The molecule has 0 aliphatic heterocycles. The number of methoxy groups -OCH3 is 1. The van der Waals surface area contributed by atoms with Gasteiger partial charge in [-0.25, -0.2) is 0 Å². The highest BCUT2D eigenvalue weighted by Crippen LogP contribution is 2.29. The third-order valence-corrected chi connectivity index (χ3v) is 6.16. The van der Waals surface area contributed by atoms with E-state index >= 15 is 0 Å². The smallest absolute Gasteiger partial charge is 0.240 e. The van der Waals surface area contributed by atoms with E-state index < -0.39 is 17.9 Å². The Bertz CT molecular complexity index is 1070. The van der Waals surface area contributed by atoms with Crippen molar-refractivity contribution in [3.63, 3.8) is 0 Å². The fourth-order valence-corrected chi connectivity index (χ4v) is 4.29. The SMILES string of the molecule is COc1ccc(CN(C(=O)C(c2ccccc2)c2ccccc2)[C@H](CCCCNC=N)C(N)=O)cc1.Cl. The van der Waals surface area contributed by atoms with Crippen molar-refractivity contribution in [1.29, 1.82) is 5.41 Å². The predicted octanol–water partition coefficient (Wildman–Crippen LogP) is 4.50. The summed E-state index contributed by atoms with van der Waals surface area (Å²) in [5.74, 6) is -0.568. The molecule has 1 atom stereocenters. The molecule has 3 aromatic carbocycles. The lowest BCUT2D eigenvalue weighted by atomic mass is 9.89. The number of primary amides is 1. The maximum Gasteiger partial charge on any atom is 0.240 e. The minimum Gasteiger partial charge on any atom is -0.497 e. The van der Waals surface area contributed by atoms with Crippen molar-refractivity contribution in [2.24, 2.45) is 5.73 Å². The van der Waals surface area contributed by atoms with Crippen molar-refractivity contribution < 1.29 is 14.3 Å². The molecule has 196 valence electrons. The summed E-state index contributed by atoms with van der Waals surface area (Å²) in [6, 6.07) is 25.9. The number of carbonyl (C=O) groups excluding carboxylic acids is 2. The molecule has 37 heavy (non-hydrogen) atoms. The van der Waals surface area contributed by atoms with E-state index in [9.17, 15) is 9.59 Å². The van der Waals surface area contributed by atoms with Crippen molar-refractivity contribution in [3.8, 4) is 5.75 Å². The summed E-state index contributed by atoms with van der Waals surface area (Å²) in [5, 5.41) is 9.96. The van der Waals surface area contributed by atoms with Crippen molar-refractivity contribution >= 4 is 30.6 Å². The molecule has 0 radical (unpaired) electrons. The zero-order valence-corrected chi connectivity index (χ0v) is 21.8. The first-order chi connectivity index (χ1) is 17.5. The number of halogens is 1. The second kappa shape index (κ2) is 15.3. The maximum absolute atomic E-state index is 14.3. The Labute approximate surface area is 224 Å². The quantitative estimate of drug-likeness (QED) is 0.164. The van der Waals surface area contributed by atoms with Crippen LogP contribution < -0.4 is 15.8 Å². The zero-order valence-electron chi connectivity index (χ0n) is 21.0. The number of benzene rings is 3. The Hall–Kier alpha value is -3.84. The van der Waals surface area contributed by atoms with Gasteiger partial charge in [-0.2, -0.15) is 0 Å². The van der Waals surface area contributed by atoms with E-state index in [1.807, 2.05) is 84.9 Å². The molecule has 0 saturated heterocycles. The van der Waals surface area contributed by atoms with E-state index in [1.54, 1.807) is 12.0 Å². The van der Waals surface area contributed by atoms with E-state index in [0.717, 1.165) is 29.4 Å². The maximum atomic E-state index is 14.3. The van der Waals surface area contributed by atoms with Gasteiger partial charge in [0.1, 0.15) is 11.8 Å². The highest BCUT2D eigenvalue weighted by Gasteiger charge is 2.34. The van der Waals surface area contributed by atoms with Gasteiger partial charge in [0, 0.05) is 13.1 Å². The first-order valence-corrected chi connectivity index (χ1v) is 12.1. The van der Waals surface area contributed by atoms with Crippen LogP contribution in [0.15, 0.2) is 84.9 Å². The van der Waals surface area contributed by atoms with Crippen LogP contribution >= 0.6 is 12.4 Å². The highest BCUT2D eigenvalue weighted by molar-refractivity contribution is 5.92. The van der Waals surface area contributed by atoms with E-state index in [-0.39, 0.29) is 24.9 Å². The average Bonchev–Trinajstić information content (AvgIpc) is 2.91. The number of hydrogen-bond acceptors (Lipinski definition) is 4. The molecule has 0 aliphatic carbocycles. The van der Waals surface area contributed by atoms with Crippen LogP contribution in [0.4, 0.5) is 0 Å². The van der Waals surface area contributed by atoms with Crippen LogP contribution in [0.1, 0.15) is 41.9 Å². The summed E-state index contributed by atoms with van der Waals surface area (Å²) < 4.78 is 5.27. The molecular weight excluding hydrogens is 488 g/mol. The van der Waals surface area contributed by atoms with Crippen LogP contribution in [-0.4, -0.2) is 42.7 Å². The highest BCUT2D eigenvalue weighted by atomic mass is 35.5. The van der Waals surface area contributed by atoms with Crippen LogP contribution in [0.25, 0.3) is 0 Å². The van der Waals surface area contributed by atoms with E-state index in [1.165, 1.54) is 0 Å². The van der Waals surface area contributed by atoms with Gasteiger partial charge in [0.15, 0.2) is 0 Å². The summed E-state index contributed by atoms with van der Waals surface area (Å²) in [6.45, 7) is 0.864. The van der Waals surface area contributed by atoms with Crippen molar-refractivity contribution in [2.75, 3.05) is 13.7 Å².